The molecular weight excluding hydrogens is 453 g/mol. The van der Waals surface area contributed by atoms with Crippen LogP contribution in [0.2, 0.25) is 0 Å². The third kappa shape index (κ3) is 4.69. The Bertz CT molecular complexity index is 1060. The monoisotopic (exact) mass is 482 g/mol. The van der Waals surface area contributed by atoms with Crippen LogP contribution in [0.15, 0.2) is 59.5 Å². The van der Waals surface area contributed by atoms with Crippen LogP contribution in [0.3, 0.4) is 0 Å². The molecule has 2 aromatic rings. The summed E-state index contributed by atoms with van der Waals surface area (Å²) in [6.07, 6.45) is -4.14. The van der Waals surface area contributed by atoms with Crippen molar-refractivity contribution in [2.45, 2.75) is 60.7 Å². The summed E-state index contributed by atoms with van der Waals surface area (Å²) in [4.78, 5) is 7.29. The van der Waals surface area contributed by atoms with Crippen molar-refractivity contribution in [3.8, 4) is 0 Å². The van der Waals surface area contributed by atoms with E-state index in [2.05, 4.69) is 4.90 Å². The molecular formula is C24H29F3N2O3S. The first kappa shape index (κ1) is 24.2. The van der Waals surface area contributed by atoms with Gasteiger partial charge in [-0.05, 0) is 50.0 Å². The van der Waals surface area contributed by atoms with E-state index in [1.54, 1.807) is 48.5 Å². The summed E-state index contributed by atoms with van der Waals surface area (Å²) in [5.74, 6) is 0. The zero-order valence-electron chi connectivity index (χ0n) is 18.7. The smallest absolute Gasteiger partial charge is 0.297 e. The number of nitrogens with zero attached hydrogens (tertiary/aromatic N) is 2. The number of sulfone groups is 1. The quantitative estimate of drug-likeness (QED) is 0.605. The summed E-state index contributed by atoms with van der Waals surface area (Å²) in [6, 6.07) is 13.5. The summed E-state index contributed by atoms with van der Waals surface area (Å²) in [7, 11) is -3.07. The van der Waals surface area contributed by atoms with Crippen LogP contribution in [0.1, 0.15) is 49.4 Å². The molecule has 0 aromatic heterocycles. The number of alkyl halides is 3. The molecule has 180 valence electrons. The van der Waals surface area contributed by atoms with Crippen LogP contribution in [-0.4, -0.2) is 56.0 Å². The number of piperidine rings is 1. The highest BCUT2D eigenvalue weighted by Gasteiger charge is 2.61. The predicted octanol–water partition coefficient (Wildman–Crippen LogP) is 4.93. The fraction of sp³-hybridized carbons (Fsp3) is 0.500. The van der Waals surface area contributed by atoms with E-state index in [0.717, 1.165) is 37.4 Å². The van der Waals surface area contributed by atoms with Crippen molar-refractivity contribution in [1.82, 2.24) is 9.96 Å². The number of likely N-dealkylation sites (tertiary alicyclic amines) is 1. The van der Waals surface area contributed by atoms with Gasteiger partial charge in [0.2, 0.25) is 0 Å². The molecule has 0 N–H and O–H groups in total. The lowest BCUT2D eigenvalue weighted by Crippen LogP contribution is -2.44. The lowest BCUT2D eigenvalue weighted by Gasteiger charge is -2.34. The Hall–Kier alpha value is -1.94. The molecule has 9 heteroatoms. The van der Waals surface area contributed by atoms with E-state index in [9.17, 15) is 21.6 Å². The zero-order chi connectivity index (χ0) is 23.8. The highest BCUT2D eigenvalue weighted by Crippen LogP contribution is 2.46. The Labute approximate surface area is 193 Å². The first-order chi connectivity index (χ1) is 15.6. The van der Waals surface area contributed by atoms with E-state index >= 15 is 0 Å². The van der Waals surface area contributed by atoms with Crippen LogP contribution in [0.25, 0.3) is 0 Å². The predicted molar refractivity (Wildman–Crippen MR) is 119 cm³/mol. The van der Waals surface area contributed by atoms with Gasteiger partial charge in [0.1, 0.15) is 5.25 Å². The highest BCUT2D eigenvalue weighted by molar-refractivity contribution is 7.92. The molecule has 2 aliphatic rings. The average molecular weight is 483 g/mol. The molecule has 4 atom stereocenters. The summed E-state index contributed by atoms with van der Waals surface area (Å²) < 4.78 is 70.1. The van der Waals surface area contributed by atoms with E-state index in [4.69, 9.17) is 4.84 Å². The van der Waals surface area contributed by atoms with Crippen LogP contribution in [0.4, 0.5) is 13.2 Å². The number of hydrogen-bond acceptors (Lipinski definition) is 5. The van der Waals surface area contributed by atoms with E-state index in [1.807, 2.05) is 6.92 Å². The number of rotatable bonds is 5. The third-order valence-corrected chi connectivity index (χ3v) is 8.92. The molecule has 0 saturated carbocycles. The van der Waals surface area contributed by atoms with Gasteiger partial charge in [0.05, 0.1) is 10.9 Å². The van der Waals surface area contributed by atoms with Gasteiger partial charge in [-0.1, -0.05) is 55.0 Å². The summed E-state index contributed by atoms with van der Waals surface area (Å²) in [6.45, 7) is 3.60. The molecule has 0 radical (unpaired) electrons. The molecule has 0 unspecified atom stereocenters. The second-order valence-corrected chi connectivity index (χ2v) is 10.9. The summed E-state index contributed by atoms with van der Waals surface area (Å²) in [5, 5.41) is -0.800. The number of hydroxylamine groups is 2. The van der Waals surface area contributed by atoms with Crippen molar-refractivity contribution < 1.29 is 26.4 Å². The molecule has 33 heavy (non-hydrogen) atoms. The second kappa shape index (κ2) is 9.37. The van der Waals surface area contributed by atoms with Gasteiger partial charge in [-0.15, -0.1) is 0 Å². The Balaban J connectivity index is 1.81. The first-order valence-corrected chi connectivity index (χ1v) is 12.7. The molecule has 2 aromatic carbocycles. The summed E-state index contributed by atoms with van der Waals surface area (Å²) in [5.41, 5.74) is 0.989. The lowest BCUT2D eigenvalue weighted by molar-refractivity contribution is -0.260. The van der Waals surface area contributed by atoms with Gasteiger partial charge in [0.15, 0.2) is 15.9 Å². The topological polar surface area (TPSA) is 49.9 Å². The number of hydrogen-bond donors (Lipinski definition) is 0. The lowest BCUT2D eigenvalue weighted by atomic mass is 10.0. The Kier molecular flexibility index (Phi) is 6.87. The fourth-order valence-corrected chi connectivity index (χ4v) is 7.37. The third-order valence-electron chi connectivity index (χ3n) is 6.72. The molecule has 2 saturated heterocycles. The molecule has 2 aliphatic heterocycles. The maximum absolute atomic E-state index is 14.0. The van der Waals surface area contributed by atoms with Crippen molar-refractivity contribution in [1.29, 1.82) is 0 Å². The SMILES string of the molecule is C[C@@H](c1ccccc1S(=O)(=O)[C@H]1[C@H](c2ccccc2)N(C)O[C@@H]1C(F)(F)F)N1CCCCC1. The molecule has 0 aliphatic carbocycles. The molecule has 0 spiro atoms. The molecule has 2 heterocycles. The van der Waals surface area contributed by atoms with Crippen molar-refractivity contribution in [3.05, 3.63) is 65.7 Å². The average Bonchev–Trinajstić information content (AvgIpc) is 3.18. The number of halogens is 3. The van der Waals surface area contributed by atoms with Gasteiger partial charge < -0.3 is 0 Å². The fourth-order valence-electron chi connectivity index (χ4n) is 5.04. The maximum Gasteiger partial charge on any atom is 0.418 e. The van der Waals surface area contributed by atoms with Crippen molar-refractivity contribution in [2.24, 2.45) is 0 Å². The minimum atomic E-state index is -4.84. The largest absolute Gasteiger partial charge is 0.418 e. The van der Waals surface area contributed by atoms with Crippen LogP contribution in [-0.2, 0) is 14.7 Å². The van der Waals surface area contributed by atoms with Gasteiger partial charge in [0, 0.05) is 13.1 Å². The van der Waals surface area contributed by atoms with E-state index in [0.29, 0.717) is 11.1 Å². The Morgan fingerprint density at radius 2 is 1.58 bits per heavy atom. The van der Waals surface area contributed by atoms with Crippen molar-refractivity contribution >= 4 is 9.84 Å². The first-order valence-electron chi connectivity index (χ1n) is 11.2. The van der Waals surface area contributed by atoms with E-state index < -0.39 is 33.4 Å². The Morgan fingerprint density at radius 1 is 0.970 bits per heavy atom. The minimum Gasteiger partial charge on any atom is -0.297 e. The normalized spacial score (nSPS) is 26.4. The molecule has 0 amide bonds. The van der Waals surface area contributed by atoms with Crippen LogP contribution < -0.4 is 0 Å². The van der Waals surface area contributed by atoms with E-state index in [1.165, 1.54) is 13.1 Å². The number of benzene rings is 2. The van der Waals surface area contributed by atoms with Gasteiger partial charge >= 0.3 is 6.18 Å². The van der Waals surface area contributed by atoms with E-state index in [-0.39, 0.29) is 10.9 Å². The molecule has 0 bridgehead atoms. The van der Waals surface area contributed by atoms with Crippen molar-refractivity contribution in [3.63, 3.8) is 0 Å². The van der Waals surface area contributed by atoms with Gasteiger partial charge in [-0.25, -0.2) is 8.42 Å². The zero-order valence-corrected chi connectivity index (χ0v) is 19.5. The summed E-state index contributed by atoms with van der Waals surface area (Å²) >= 11 is 0. The van der Waals surface area contributed by atoms with Crippen LogP contribution in [0.5, 0.6) is 0 Å². The molecule has 5 nitrogen and oxygen atoms in total. The van der Waals surface area contributed by atoms with Gasteiger partial charge in [0.25, 0.3) is 0 Å². The molecule has 4 rings (SSSR count). The van der Waals surface area contributed by atoms with Gasteiger partial charge in [-0.3, -0.25) is 9.74 Å². The molecule has 2 fully saturated rings. The van der Waals surface area contributed by atoms with Crippen molar-refractivity contribution in [2.75, 3.05) is 20.1 Å². The standard InChI is InChI=1S/C24H29F3N2O3S/c1-17(29-15-9-4-10-16-29)19-13-7-8-14-20(19)33(30,31)22-21(18-11-5-3-6-12-18)28(2)32-23(22)24(25,26)27/h3,5-8,11-14,17,21-23H,4,9-10,15-16H2,1-2H3/t17-,21-,22-,23-/m0/s1. The highest BCUT2D eigenvalue weighted by atomic mass is 32.2. The van der Waals surface area contributed by atoms with Gasteiger partial charge in [-0.2, -0.15) is 18.2 Å². The Morgan fingerprint density at radius 3 is 2.21 bits per heavy atom. The second-order valence-electron chi connectivity index (χ2n) is 8.79. The van der Waals surface area contributed by atoms with Crippen LogP contribution >= 0.6 is 0 Å². The van der Waals surface area contributed by atoms with Crippen LogP contribution in [0, 0.1) is 0 Å². The minimum absolute atomic E-state index is 0.0536. The maximum atomic E-state index is 14.0.